The molecular formula is C20H25N5O4. The molecule has 2 N–H and O–H groups in total. The topological polar surface area (TPSA) is 94.2 Å². The number of hydrogen-bond donors (Lipinski definition) is 2. The van der Waals surface area contributed by atoms with Gasteiger partial charge in [-0.25, -0.2) is 9.59 Å². The van der Waals surface area contributed by atoms with Gasteiger partial charge in [-0.05, 0) is 11.6 Å². The second-order valence-corrected chi connectivity index (χ2v) is 8.86. The zero-order valence-electron chi connectivity index (χ0n) is 16.4. The number of ether oxygens (including phenoxy) is 1. The molecule has 0 aromatic heterocycles. The first-order valence-corrected chi connectivity index (χ1v) is 9.92. The molecule has 4 aliphatic heterocycles. The quantitative estimate of drug-likeness (QED) is 0.751. The van der Waals surface area contributed by atoms with Crippen molar-refractivity contribution in [1.82, 2.24) is 25.3 Å². The maximum absolute atomic E-state index is 12.6. The maximum Gasteiger partial charge on any atom is 0.407 e. The second kappa shape index (κ2) is 6.35. The molecule has 4 fully saturated rings. The van der Waals surface area contributed by atoms with Crippen LogP contribution in [0.5, 0.6) is 0 Å². The van der Waals surface area contributed by atoms with Crippen LogP contribution in [0.4, 0.5) is 9.59 Å². The van der Waals surface area contributed by atoms with Gasteiger partial charge in [0.15, 0.2) is 0 Å². The van der Waals surface area contributed by atoms with Gasteiger partial charge >= 0.3 is 12.1 Å². The van der Waals surface area contributed by atoms with E-state index < -0.39 is 6.09 Å². The molecule has 0 radical (unpaired) electrons. The highest BCUT2D eigenvalue weighted by Crippen LogP contribution is 2.41. The number of carbonyl (C=O) groups excluding carboxylic acids is 3. The number of amides is 4. The lowest BCUT2D eigenvalue weighted by molar-refractivity contribution is -0.107. The van der Waals surface area contributed by atoms with Gasteiger partial charge in [0.1, 0.15) is 12.1 Å². The van der Waals surface area contributed by atoms with Crippen LogP contribution < -0.4 is 10.6 Å². The van der Waals surface area contributed by atoms with Crippen molar-refractivity contribution in [2.45, 2.75) is 12.1 Å². The normalized spacial score (nSPS) is 23.7. The second-order valence-electron chi connectivity index (χ2n) is 8.86. The monoisotopic (exact) mass is 399 g/mol. The maximum atomic E-state index is 12.6. The summed E-state index contributed by atoms with van der Waals surface area (Å²) in [5.74, 6) is -0.0626. The van der Waals surface area contributed by atoms with Crippen molar-refractivity contribution in [3.8, 4) is 0 Å². The lowest BCUT2D eigenvalue weighted by Crippen LogP contribution is -2.77. The Labute approximate surface area is 168 Å². The van der Waals surface area contributed by atoms with Crippen LogP contribution in [0.3, 0.4) is 0 Å². The molecule has 154 valence electrons. The van der Waals surface area contributed by atoms with Gasteiger partial charge in [0.2, 0.25) is 0 Å². The van der Waals surface area contributed by atoms with Crippen molar-refractivity contribution in [2.75, 3.05) is 52.9 Å². The van der Waals surface area contributed by atoms with Crippen LogP contribution in [0.2, 0.25) is 0 Å². The highest BCUT2D eigenvalue weighted by Gasteiger charge is 2.57. The van der Waals surface area contributed by atoms with Crippen molar-refractivity contribution in [1.29, 1.82) is 0 Å². The molecule has 4 amide bonds. The number of hydrogen-bond acceptors (Lipinski definition) is 5. The van der Waals surface area contributed by atoms with Gasteiger partial charge in [-0.1, -0.05) is 18.2 Å². The summed E-state index contributed by atoms with van der Waals surface area (Å²) in [5.41, 5.74) is 1.56. The molecule has 0 bridgehead atoms. The smallest absolute Gasteiger partial charge is 0.407 e. The lowest BCUT2D eigenvalue weighted by Gasteiger charge is -2.61. The summed E-state index contributed by atoms with van der Waals surface area (Å²) < 4.78 is 4.96. The molecule has 4 aliphatic rings. The molecule has 0 unspecified atom stereocenters. The highest BCUT2D eigenvalue weighted by atomic mass is 16.6. The van der Waals surface area contributed by atoms with Crippen LogP contribution in [0.1, 0.15) is 15.9 Å². The van der Waals surface area contributed by atoms with Crippen molar-refractivity contribution in [2.24, 2.45) is 5.41 Å². The van der Waals surface area contributed by atoms with E-state index in [1.165, 1.54) is 0 Å². The minimum Gasteiger partial charge on any atom is -0.447 e. The van der Waals surface area contributed by atoms with Crippen LogP contribution in [0, 0.1) is 5.41 Å². The number of carbonyl (C=O) groups is 3. The molecular weight excluding hydrogens is 374 g/mol. The van der Waals surface area contributed by atoms with E-state index in [1.54, 1.807) is 11.9 Å². The average molecular weight is 399 g/mol. The van der Waals surface area contributed by atoms with Gasteiger partial charge in [0.05, 0.1) is 13.1 Å². The summed E-state index contributed by atoms with van der Waals surface area (Å²) in [6, 6.07) is 7.73. The predicted octanol–water partition coefficient (Wildman–Crippen LogP) is 0.0780. The summed E-state index contributed by atoms with van der Waals surface area (Å²) in [5, 5.41) is 5.49. The molecule has 29 heavy (non-hydrogen) atoms. The van der Waals surface area contributed by atoms with Crippen molar-refractivity contribution in [3.05, 3.63) is 35.4 Å². The first-order chi connectivity index (χ1) is 13.9. The SMILES string of the molecule is CNC(=O)c1ccccc1CN1CC2(C1)CN(C(=O)N1CC3(COC(=O)N3)C1)C2. The van der Waals surface area contributed by atoms with Gasteiger partial charge < -0.3 is 25.2 Å². The van der Waals surface area contributed by atoms with E-state index in [0.29, 0.717) is 19.7 Å². The number of nitrogens with zero attached hydrogens (tertiary/aromatic N) is 3. The molecule has 0 aliphatic carbocycles. The van der Waals surface area contributed by atoms with E-state index in [0.717, 1.165) is 43.9 Å². The summed E-state index contributed by atoms with van der Waals surface area (Å²) in [4.78, 5) is 41.9. The minimum atomic E-state index is -0.396. The fraction of sp³-hybridized carbons (Fsp3) is 0.550. The van der Waals surface area contributed by atoms with E-state index in [2.05, 4.69) is 15.5 Å². The number of rotatable bonds is 3. The zero-order valence-corrected chi connectivity index (χ0v) is 16.4. The standard InChI is InChI=1S/C20H25N5O4/c1-21-16(26)15-5-3-2-4-14(15)6-23-7-19(8-23)9-24(10-19)18(28)25-11-20(12-25)13-29-17(27)22-20/h2-5H,6-13H2,1H3,(H,21,26)(H,22,27). The van der Waals surface area contributed by atoms with E-state index >= 15 is 0 Å². The molecule has 0 saturated carbocycles. The minimum absolute atomic E-state index is 0.0470. The molecule has 1 aromatic rings. The van der Waals surface area contributed by atoms with Gasteiger partial charge in [0.25, 0.3) is 5.91 Å². The molecule has 1 aromatic carbocycles. The Hall–Kier alpha value is -2.81. The van der Waals surface area contributed by atoms with Crippen molar-refractivity contribution < 1.29 is 19.1 Å². The fourth-order valence-electron chi connectivity index (χ4n) is 5.05. The van der Waals surface area contributed by atoms with Gasteiger partial charge in [0, 0.05) is 50.7 Å². The molecule has 9 heteroatoms. The largest absolute Gasteiger partial charge is 0.447 e. The number of alkyl carbamates (subject to hydrolysis) is 1. The average Bonchev–Trinajstić information content (AvgIpc) is 3.02. The lowest BCUT2D eigenvalue weighted by atomic mass is 9.72. The third kappa shape index (κ3) is 3.00. The molecule has 4 saturated heterocycles. The third-order valence-corrected chi connectivity index (χ3v) is 6.43. The summed E-state index contributed by atoms with van der Waals surface area (Å²) in [6.07, 6.45) is -0.396. The summed E-state index contributed by atoms with van der Waals surface area (Å²) in [6.45, 7) is 5.53. The molecule has 9 nitrogen and oxygen atoms in total. The number of likely N-dealkylation sites (tertiary alicyclic amines) is 3. The van der Waals surface area contributed by atoms with Gasteiger partial charge in [-0.15, -0.1) is 0 Å². The summed E-state index contributed by atoms with van der Waals surface area (Å²) >= 11 is 0. The van der Waals surface area contributed by atoms with E-state index in [9.17, 15) is 14.4 Å². The zero-order chi connectivity index (χ0) is 20.2. The molecule has 4 heterocycles. The van der Waals surface area contributed by atoms with Crippen LogP contribution in [0.25, 0.3) is 0 Å². The third-order valence-electron chi connectivity index (χ3n) is 6.43. The first kappa shape index (κ1) is 18.2. The Morgan fingerprint density at radius 2 is 1.79 bits per heavy atom. The number of nitrogens with one attached hydrogen (secondary N) is 2. The molecule has 2 spiro atoms. The van der Waals surface area contributed by atoms with Crippen molar-refractivity contribution in [3.63, 3.8) is 0 Å². The number of benzene rings is 1. The van der Waals surface area contributed by atoms with Crippen molar-refractivity contribution >= 4 is 18.0 Å². The molecule has 5 rings (SSSR count). The van der Waals surface area contributed by atoms with Crippen LogP contribution >= 0.6 is 0 Å². The van der Waals surface area contributed by atoms with E-state index in [1.807, 2.05) is 29.2 Å². The van der Waals surface area contributed by atoms with E-state index in [4.69, 9.17) is 4.74 Å². The van der Waals surface area contributed by atoms with Crippen LogP contribution in [-0.2, 0) is 11.3 Å². The Morgan fingerprint density at radius 3 is 2.45 bits per heavy atom. The fourth-order valence-corrected chi connectivity index (χ4v) is 5.05. The number of cyclic esters (lactones) is 1. The van der Waals surface area contributed by atoms with Gasteiger partial charge in [-0.3, -0.25) is 9.69 Å². The Kier molecular flexibility index (Phi) is 3.99. The Bertz CT molecular complexity index is 867. The van der Waals surface area contributed by atoms with Crippen LogP contribution in [0.15, 0.2) is 24.3 Å². The van der Waals surface area contributed by atoms with Gasteiger partial charge in [-0.2, -0.15) is 0 Å². The van der Waals surface area contributed by atoms with Crippen LogP contribution in [-0.4, -0.2) is 91.2 Å². The number of urea groups is 1. The predicted molar refractivity (Wildman–Crippen MR) is 103 cm³/mol. The Morgan fingerprint density at radius 1 is 1.10 bits per heavy atom. The first-order valence-electron chi connectivity index (χ1n) is 9.92. The summed E-state index contributed by atoms with van der Waals surface area (Å²) in [7, 11) is 1.64. The van der Waals surface area contributed by atoms with E-state index in [-0.39, 0.29) is 22.9 Å². The molecule has 0 atom stereocenters. The highest BCUT2D eigenvalue weighted by molar-refractivity contribution is 5.95. The Balaban J connectivity index is 1.10.